The quantitative estimate of drug-likeness (QED) is 0.229. The highest BCUT2D eigenvalue weighted by Gasteiger charge is 2.46. The summed E-state index contributed by atoms with van der Waals surface area (Å²) in [5, 5.41) is 0. The zero-order valence-corrected chi connectivity index (χ0v) is 38.9. The number of hydrogen-bond acceptors (Lipinski definition) is 6. The van der Waals surface area contributed by atoms with Crippen LogP contribution in [0.4, 0.5) is 0 Å². The average molecular weight is 741 g/mol. The molecule has 6 heteroatoms. The molecule has 0 aromatic rings. The van der Waals surface area contributed by atoms with Crippen LogP contribution in [-0.2, 0) is 0 Å². The van der Waals surface area contributed by atoms with Crippen molar-refractivity contribution in [3.8, 4) is 0 Å². The van der Waals surface area contributed by atoms with Gasteiger partial charge in [0.15, 0.2) is 0 Å². The predicted octanol–water partition coefficient (Wildman–Crippen LogP) is 9.92. The Bertz CT molecular complexity index is 1090. The minimum Gasteiger partial charge on any atom is -0.295 e. The molecule has 6 nitrogen and oxygen atoms in total. The van der Waals surface area contributed by atoms with Gasteiger partial charge in [-0.15, -0.1) is 0 Å². The maximum absolute atomic E-state index is 2.84. The number of nitrogens with zero attached hydrogens (tertiary/aromatic N) is 6. The van der Waals surface area contributed by atoms with Crippen LogP contribution in [0.15, 0.2) is 12.2 Å². The Labute approximate surface area is 331 Å². The summed E-state index contributed by atoms with van der Waals surface area (Å²) < 4.78 is 0. The molecule has 310 valence electrons. The molecule has 0 aliphatic carbocycles. The Balaban J connectivity index is 0.000000178. The van der Waals surface area contributed by atoms with Gasteiger partial charge in [0.2, 0.25) is 0 Å². The molecule has 53 heavy (non-hydrogen) atoms. The van der Waals surface area contributed by atoms with Crippen LogP contribution in [-0.4, -0.2) is 138 Å². The third-order valence-electron chi connectivity index (χ3n) is 13.5. The van der Waals surface area contributed by atoms with Gasteiger partial charge in [0.25, 0.3) is 0 Å². The van der Waals surface area contributed by atoms with Crippen molar-refractivity contribution in [2.45, 2.75) is 252 Å². The molecule has 6 unspecified atom stereocenters. The van der Waals surface area contributed by atoms with Crippen LogP contribution in [0.2, 0.25) is 0 Å². The average Bonchev–Trinajstić information content (AvgIpc) is 3.21. The summed E-state index contributed by atoms with van der Waals surface area (Å²) in [6, 6.07) is 4.46. The first-order valence-corrected chi connectivity index (χ1v) is 22.3. The highest BCUT2D eigenvalue weighted by atomic mass is 15.4. The zero-order chi connectivity index (χ0) is 39.9. The molecule has 6 aliphatic rings. The Kier molecular flexibility index (Phi) is 14.3. The van der Waals surface area contributed by atoms with Gasteiger partial charge in [0, 0.05) is 109 Å². The normalized spacial score (nSPS) is 32.2. The van der Waals surface area contributed by atoms with Crippen molar-refractivity contribution in [2.24, 2.45) is 0 Å². The van der Waals surface area contributed by atoms with Crippen LogP contribution >= 0.6 is 0 Å². The summed E-state index contributed by atoms with van der Waals surface area (Å²) in [6.07, 6.45) is 17.0. The lowest BCUT2D eigenvalue weighted by molar-refractivity contribution is -0.0846. The highest BCUT2D eigenvalue weighted by molar-refractivity contribution is 5.06. The summed E-state index contributed by atoms with van der Waals surface area (Å²) in [5.41, 5.74) is 1.89. The number of piperazine rings is 3. The maximum atomic E-state index is 2.84. The van der Waals surface area contributed by atoms with Crippen molar-refractivity contribution < 1.29 is 0 Å². The summed E-state index contributed by atoms with van der Waals surface area (Å²) in [7, 11) is 0. The first kappa shape index (κ1) is 45.2. The number of piperidine rings is 1. The molecule has 0 spiro atoms. The van der Waals surface area contributed by atoms with Gasteiger partial charge in [-0.25, -0.2) is 0 Å². The Morgan fingerprint density at radius 3 is 0.774 bits per heavy atom. The molecule has 0 N–H and O–H groups in total. The van der Waals surface area contributed by atoms with Gasteiger partial charge in [-0.2, -0.15) is 0 Å². The lowest BCUT2D eigenvalue weighted by atomic mass is 9.84. The molecule has 5 saturated heterocycles. The summed E-state index contributed by atoms with van der Waals surface area (Å²) >= 11 is 0. The van der Waals surface area contributed by atoms with Gasteiger partial charge >= 0.3 is 0 Å². The van der Waals surface area contributed by atoms with E-state index < -0.39 is 0 Å². The second kappa shape index (κ2) is 16.8. The second-order valence-electron chi connectivity index (χ2n) is 24.0. The molecule has 6 rings (SSSR count). The standard InChI is InChI=1S/C16H32N2.C16H30N2.C15H30N2/c2*1-15(2,3)17-11-13-9-7-8-10-14(12-17)18(13)16(4,5)6;1-14(2,3)16-10-12-8-7-9-13(11-16)17(12)15(4,5)6/h13-14H,7-12H2,1-6H3;7-8,13-14H,9-12H2,1-6H3;12-13H,7-11H2,1-6H3. The Hall–Kier alpha value is -0.500. The third-order valence-corrected chi connectivity index (χ3v) is 13.5. The minimum absolute atomic E-state index is 0.283. The molecule has 6 bridgehead atoms. The van der Waals surface area contributed by atoms with E-state index in [0.717, 1.165) is 24.2 Å². The van der Waals surface area contributed by atoms with Crippen molar-refractivity contribution in [3.63, 3.8) is 0 Å². The topological polar surface area (TPSA) is 19.4 Å². The van der Waals surface area contributed by atoms with E-state index in [1.54, 1.807) is 0 Å². The van der Waals surface area contributed by atoms with Gasteiger partial charge in [0.1, 0.15) is 0 Å². The Morgan fingerprint density at radius 2 is 0.528 bits per heavy atom. The van der Waals surface area contributed by atoms with E-state index in [0.29, 0.717) is 39.8 Å². The van der Waals surface area contributed by atoms with Crippen LogP contribution in [0.3, 0.4) is 0 Å². The largest absolute Gasteiger partial charge is 0.295 e. The molecule has 0 aromatic carbocycles. The fourth-order valence-electron chi connectivity index (χ4n) is 11.3. The monoisotopic (exact) mass is 741 g/mol. The van der Waals surface area contributed by atoms with Crippen LogP contribution in [0.1, 0.15) is 182 Å². The van der Waals surface area contributed by atoms with E-state index >= 15 is 0 Å². The SMILES string of the molecule is CC(C)(C)N1CC2CC=CCC(C1)N2C(C)(C)C.CC(C)(C)N1CC2CCCC(C1)N2C(C)(C)C.CC(C)(C)N1CC2CCCCC(C1)N2C(C)(C)C. The lowest BCUT2D eigenvalue weighted by Crippen LogP contribution is -2.68. The lowest BCUT2D eigenvalue weighted by Gasteiger charge is -2.58. The Morgan fingerprint density at radius 1 is 0.302 bits per heavy atom. The van der Waals surface area contributed by atoms with Crippen molar-refractivity contribution in [1.29, 1.82) is 0 Å². The fraction of sp³-hybridized carbons (Fsp3) is 0.957. The second-order valence-corrected chi connectivity index (χ2v) is 24.0. The minimum atomic E-state index is 0.283. The van der Waals surface area contributed by atoms with E-state index in [1.807, 2.05) is 0 Å². The van der Waals surface area contributed by atoms with E-state index in [2.05, 4.69) is 166 Å². The first-order chi connectivity index (χ1) is 24.1. The predicted molar refractivity (Wildman–Crippen MR) is 232 cm³/mol. The third kappa shape index (κ3) is 11.8. The van der Waals surface area contributed by atoms with Crippen molar-refractivity contribution in [2.75, 3.05) is 39.3 Å². The van der Waals surface area contributed by atoms with E-state index in [9.17, 15) is 0 Å². The zero-order valence-electron chi connectivity index (χ0n) is 38.9. The van der Waals surface area contributed by atoms with E-state index in [-0.39, 0.29) is 5.54 Å². The molecule has 6 atom stereocenters. The summed E-state index contributed by atoms with van der Waals surface area (Å²) in [4.78, 5) is 16.5. The number of rotatable bonds is 0. The van der Waals surface area contributed by atoms with E-state index in [1.165, 1.54) is 97.1 Å². The van der Waals surface area contributed by atoms with Gasteiger partial charge < -0.3 is 0 Å². The summed E-state index contributed by atoms with van der Waals surface area (Å²) in [6.45, 7) is 50.1. The molecule has 0 aromatic heterocycles. The highest BCUT2D eigenvalue weighted by Crippen LogP contribution is 2.38. The van der Waals surface area contributed by atoms with Crippen LogP contribution in [0, 0.1) is 0 Å². The van der Waals surface area contributed by atoms with Crippen molar-refractivity contribution >= 4 is 0 Å². The van der Waals surface area contributed by atoms with Crippen LogP contribution < -0.4 is 0 Å². The smallest absolute Gasteiger partial charge is 0.0266 e. The number of likely N-dealkylation sites (tertiary alicyclic amines) is 1. The molecule has 0 saturated carbocycles. The van der Waals surface area contributed by atoms with Crippen LogP contribution in [0.25, 0.3) is 0 Å². The van der Waals surface area contributed by atoms with Gasteiger partial charge in [-0.05, 0) is 163 Å². The molecular formula is C47H92N6. The van der Waals surface area contributed by atoms with Gasteiger partial charge in [-0.1, -0.05) is 31.4 Å². The maximum Gasteiger partial charge on any atom is 0.0266 e. The van der Waals surface area contributed by atoms with E-state index in [4.69, 9.17) is 0 Å². The summed E-state index contributed by atoms with van der Waals surface area (Å²) in [5.74, 6) is 0. The molecule has 6 heterocycles. The van der Waals surface area contributed by atoms with Gasteiger partial charge in [-0.3, -0.25) is 29.4 Å². The molecule has 6 aliphatic heterocycles. The number of fused-ring (bicyclic) bond motifs is 6. The first-order valence-electron chi connectivity index (χ1n) is 22.3. The van der Waals surface area contributed by atoms with Crippen molar-refractivity contribution in [3.05, 3.63) is 12.2 Å². The molecule has 0 radical (unpaired) electrons. The molecule has 5 fully saturated rings. The molecular weight excluding hydrogens is 649 g/mol. The number of hydrogen-bond donors (Lipinski definition) is 0. The van der Waals surface area contributed by atoms with Crippen LogP contribution in [0.5, 0.6) is 0 Å². The molecule has 0 amide bonds. The van der Waals surface area contributed by atoms with Crippen molar-refractivity contribution in [1.82, 2.24) is 29.4 Å². The fourth-order valence-corrected chi connectivity index (χ4v) is 11.3. The van der Waals surface area contributed by atoms with Gasteiger partial charge in [0.05, 0.1) is 0 Å².